The van der Waals surface area contributed by atoms with Gasteiger partial charge in [0, 0.05) is 18.2 Å². The van der Waals surface area contributed by atoms with Crippen molar-refractivity contribution in [2.45, 2.75) is 12.3 Å². The van der Waals surface area contributed by atoms with Crippen LogP contribution in [0, 0.1) is 5.92 Å². The smallest absolute Gasteiger partial charge is 0.330 e. The van der Waals surface area contributed by atoms with E-state index in [1.54, 1.807) is 0 Å². The number of ether oxygens (including phenoxy) is 1. The molecule has 0 spiro atoms. The van der Waals surface area contributed by atoms with Gasteiger partial charge in [-0.2, -0.15) is 0 Å². The van der Waals surface area contributed by atoms with Crippen LogP contribution in [0.1, 0.15) is 11.8 Å². The molecule has 4 N–H and O–H groups in total. The number of nitrogens with zero attached hydrogens (tertiary/aromatic N) is 1. The lowest BCUT2D eigenvalue weighted by atomic mass is 10.1. The third-order valence-corrected chi connectivity index (χ3v) is 3.17. The number of carboxylic acid groups (broad SMARTS) is 1. The summed E-state index contributed by atoms with van der Waals surface area (Å²) in [6.45, 7) is -0.240. The lowest BCUT2D eigenvalue weighted by molar-refractivity contribution is -0.131. The summed E-state index contributed by atoms with van der Waals surface area (Å²) in [4.78, 5) is 35.8. The van der Waals surface area contributed by atoms with Crippen LogP contribution in [-0.2, 0) is 9.53 Å². The van der Waals surface area contributed by atoms with E-state index in [4.69, 9.17) is 14.9 Å². The Bertz CT molecular complexity index is 675. The van der Waals surface area contributed by atoms with Crippen LogP contribution < -0.4 is 11.2 Å². The highest BCUT2D eigenvalue weighted by molar-refractivity contribution is 5.85. The first kappa shape index (κ1) is 15.2. The summed E-state index contributed by atoms with van der Waals surface area (Å²) in [5.74, 6) is -1.78. The number of aliphatic hydroxyl groups is 2. The minimum absolute atomic E-state index is 0.0637. The van der Waals surface area contributed by atoms with Gasteiger partial charge in [0.15, 0.2) is 6.23 Å². The first-order chi connectivity index (χ1) is 9.93. The van der Waals surface area contributed by atoms with Gasteiger partial charge in [-0.25, -0.2) is 9.59 Å². The van der Waals surface area contributed by atoms with Gasteiger partial charge >= 0.3 is 11.7 Å². The summed E-state index contributed by atoms with van der Waals surface area (Å²) < 4.78 is 6.21. The molecular weight excluding hydrogens is 284 g/mol. The molecule has 1 fully saturated rings. The Morgan fingerprint density at radius 1 is 1.52 bits per heavy atom. The Kier molecular flexibility index (Phi) is 4.36. The lowest BCUT2D eigenvalue weighted by Gasteiger charge is -2.18. The van der Waals surface area contributed by atoms with Crippen LogP contribution in [0.5, 0.6) is 0 Å². The van der Waals surface area contributed by atoms with Crippen LogP contribution in [0.3, 0.4) is 0 Å². The normalized spacial score (nSPS) is 25.5. The molecule has 0 amide bonds. The monoisotopic (exact) mass is 298 g/mol. The molecule has 9 nitrogen and oxygen atoms in total. The molecule has 0 bridgehead atoms. The van der Waals surface area contributed by atoms with Crippen molar-refractivity contribution >= 4 is 12.0 Å². The van der Waals surface area contributed by atoms with E-state index in [1.165, 1.54) is 0 Å². The van der Waals surface area contributed by atoms with Crippen molar-refractivity contribution in [1.29, 1.82) is 0 Å². The number of aromatic amines is 1. The van der Waals surface area contributed by atoms with Crippen molar-refractivity contribution < 1.29 is 24.9 Å². The van der Waals surface area contributed by atoms with Crippen LogP contribution in [0.2, 0.25) is 0 Å². The molecule has 2 rings (SSSR count). The zero-order valence-corrected chi connectivity index (χ0v) is 10.8. The van der Waals surface area contributed by atoms with Gasteiger partial charge in [0.05, 0.1) is 18.8 Å². The largest absolute Gasteiger partial charge is 0.478 e. The predicted octanol–water partition coefficient (Wildman–Crippen LogP) is -1.87. The second kappa shape index (κ2) is 6.04. The standard InChI is InChI=1S/C12H14N2O7/c15-4-7-5-21-11(9(7)18)14-3-6(1-2-8(16)17)10(19)13-12(14)20/h1-3,7,9,11,15,18H,4-5H2,(H,16,17)(H,13,19,20)/b2-1+/t7-,9-,11-/m1/s1. The highest BCUT2D eigenvalue weighted by Gasteiger charge is 2.37. The van der Waals surface area contributed by atoms with Gasteiger partial charge in [-0.05, 0) is 6.08 Å². The molecule has 21 heavy (non-hydrogen) atoms. The molecule has 2 heterocycles. The highest BCUT2D eigenvalue weighted by atomic mass is 16.5. The first-order valence-corrected chi connectivity index (χ1v) is 6.11. The van der Waals surface area contributed by atoms with Crippen molar-refractivity contribution in [3.63, 3.8) is 0 Å². The van der Waals surface area contributed by atoms with Gasteiger partial charge in [0.1, 0.15) is 6.10 Å². The number of carboxylic acids is 1. The van der Waals surface area contributed by atoms with Crippen molar-refractivity contribution in [2.24, 2.45) is 5.92 Å². The van der Waals surface area contributed by atoms with E-state index in [0.717, 1.165) is 22.9 Å². The summed E-state index contributed by atoms with van der Waals surface area (Å²) in [6.07, 6.45) is 0.719. The molecule has 9 heteroatoms. The fourth-order valence-electron chi connectivity index (χ4n) is 2.03. The number of aliphatic hydroxyl groups excluding tert-OH is 2. The molecule has 0 radical (unpaired) electrons. The fourth-order valence-corrected chi connectivity index (χ4v) is 2.03. The molecule has 114 valence electrons. The number of rotatable bonds is 4. The van der Waals surface area contributed by atoms with Crippen LogP contribution >= 0.6 is 0 Å². The third kappa shape index (κ3) is 3.10. The SMILES string of the molecule is O=C(O)/C=C/c1cn([C@@H]2OC[C@@H](CO)[C@H]2O)c(=O)[nH]c1=O. The number of carbonyl (C=O) groups is 1. The molecule has 1 aliphatic rings. The van der Waals surface area contributed by atoms with Gasteiger partial charge in [-0.3, -0.25) is 14.3 Å². The molecular formula is C12H14N2O7. The van der Waals surface area contributed by atoms with Crippen LogP contribution in [-0.4, -0.2) is 50.2 Å². The Labute approximate surface area is 117 Å². The molecule has 1 aliphatic heterocycles. The number of hydrogen-bond donors (Lipinski definition) is 4. The van der Waals surface area contributed by atoms with Crippen molar-refractivity contribution in [2.75, 3.05) is 13.2 Å². The molecule has 0 aromatic carbocycles. The van der Waals surface area contributed by atoms with E-state index in [2.05, 4.69) is 0 Å². The Morgan fingerprint density at radius 2 is 2.24 bits per heavy atom. The summed E-state index contributed by atoms with van der Waals surface area (Å²) in [6, 6.07) is 0. The first-order valence-electron chi connectivity index (χ1n) is 6.11. The number of hydrogen-bond acceptors (Lipinski definition) is 6. The second-order valence-electron chi connectivity index (χ2n) is 4.58. The van der Waals surface area contributed by atoms with Crippen LogP contribution in [0.4, 0.5) is 0 Å². The highest BCUT2D eigenvalue weighted by Crippen LogP contribution is 2.27. The number of nitrogens with one attached hydrogen (secondary N) is 1. The molecule has 0 saturated carbocycles. The van der Waals surface area contributed by atoms with E-state index < -0.39 is 35.5 Å². The number of aliphatic carboxylic acids is 1. The topological polar surface area (TPSA) is 142 Å². The van der Waals surface area contributed by atoms with Crippen molar-refractivity contribution in [1.82, 2.24) is 9.55 Å². The summed E-state index contributed by atoms with van der Waals surface area (Å²) in [7, 11) is 0. The number of aromatic nitrogens is 2. The molecule has 0 aliphatic carbocycles. The quantitative estimate of drug-likeness (QED) is 0.477. The van der Waals surface area contributed by atoms with Crippen molar-refractivity contribution in [3.05, 3.63) is 38.7 Å². The molecule has 3 atom stereocenters. The number of H-pyrrole nitrogens is 1. The Balaban J connectivity index is 2.41. The fraction of sp³-hybridized carbons (Fsp3) is 0.417. The Hall–Kier alpha value is -2.23. The average Bonchev–Trinajstić information content (AvgIpc) is 2.78. The van der Waals surface area contributed by atoms with Crippen molar-refractivity contribution in [3.8, 4) is 0 Å². The Morgan fingerprint density at radius 3 is 2.81 bits per heavy atom. The maximum absolute atomic E-state index is 11.8. The van der Waals surface area contributed by atoms with E-state index in [1.807, 2.05) is 4.98 Å². The van der Waals surface area contributed by atoms with E-state index in [9.17, 15) is 19.5 Å². The lowest BCUT2D eigenvalue weighted by Crippen LogP contribution is -2.37. The van der Waals surface area contributed by atoms with Gasteiger partial charge in [0.2, 0.25) is 0 Å². The molecule has 1 aromatic heterocycles. The summed E-state index contributed by atoms with van der Waals surface area (Å²) in [5, 5.41) is 27.6. The van der Waals surface area contributed by atoms with Crippen LogP contribution in [0.15, 0.2) is 21.9 Å². The van der Waals surface area contributed by atoms with Gasteiger partial charge in [0.25, 0.3) is 5.56 Å². The minimum atomic E-state index is -1.25. The van der Waals surface area contributed by atoms with Crippen LogP contribution in [0.25, 0.3) is 6.08 Å². The zero-order valence-electron chi connectivity index (χ0n) is 10.8. The summed E-state index contributed by atoms with van der Waals surface area (Å²) >= 11 is 0. The molecule has 1 saturated heterocycles. The minimum Gasteiger partial charge on any atom is -0.478 e. The third-order valence-electron chi connectivity index (χ3n) is 3.17. The zero-order chi connectivity index (χ0) is 15.6. The predicted molar refractivity (Wildman–Crippen MR) is 69.6 cm³/mol. The maximum atomic E-state index is 11.8. The summed E-state index contributed by atoms with van der Waals surface area (Å²) in [5.41, 5.74) is -1.62. The van der Waals surface area contributed by atoms with Gasteiger partial charge in [-0.15, -0.1) is 0 Å². The van der Waals surface area contributed by atoms with E-state index in [0.29, 0.717) is 0 Å². The van der Waals surface area contributed by atoms with Gasteiger partial charge < -0.3 is 20.1 Å². The van der Waals surface area contributed by atoms with E-state index >= 15 is 0 Å². The molecule has 1 aromatic rings. The maximum Gasteiger partial charge on any atom is 0.330 e. The second-order valence-corrected chi connectivity index (χ2v) is 4.58. The van der Waals surface area contributed by atoms with E-state index in [-0.39, 0.29) is 18.8 Å². The average molecular weight is 298 g/mol. The van der Waals surface area contributed by atoms with Gasteiger partial charge in [-0.1, -0.05) is 0 Å². The molecule has 0 unspecified atom stereocenters.